The average Bonchev–Trinajstić information content (AvgIpc) is 3.06. The van der Waals surface area contributed by atoms with E-state index in [0.717, 1.165) is 38.5 Å². The van der Waals surface area contributed by atoms with Crippen LogP contribution in [-0.4, -0.2) is 73.4 Å². The standard InChI is InChI=1S/C41H85N2O6P/c1-6-8-10-12-14-16-17-18-19-20-21-22-23-24-25-27-28-30-32-34-40(44)39(38-49-50(46,47)48-37-36-43(3,4)5)42-41(45)35-33-31-29-26-15-13-11-9-7-2/h39-40,44H,6-38H2,1-5H3,(H-,42,45,46,47)/p+1. The second kappa shape index (κ2) is 34.3. The first-order valence-corrected chi connectivity index (χ1v) is 22.9. The molecule has 0 aromatic carbocycles. The Morgan fingerprint density at radius 1 is 0.600 bits per heavy atom. The van der Waals surface area contributed by atoms with Crippen molar-refractivity contribution >= 4 is 13.7 Å². The number of carbonyl (C=O) groups excluding carboxylic acids is 1. The number of rotatable bonds is 39. The molecular weight excluding hydrogens is 647 g/mol. The van der Waals surface area contributed by atoms with E-state index >= 15 is 0 Å². The first-order valence-electron chi connectivity index (χ1n) is 21.4. The lowest BCUT2D eigenvalue weighted by atomic mass is 10.0. The number of nitrogens with one attached hydrogen (secondary N) is 1. The number of amides is 1. The number of carbonyl (C=O) groups is 1. The summed E-state index contributed by atoms with van der Waals surface area (Å²) >= 11 is 0. The maximum Gasteiger partial charge on any atom is 0.472 e. The topological polar surface area (TPSA) is 105 Å². The summed E-state index contributed by atoms with van der Waals surface area (Å²) < 4.78 is 23.5. The van der Waals surface area contributed by atoms with E-state index in [1.807, 2.05) is 21.1 Å². The van der Waals surface area contributed by atoms with Crippen molar-refractivity contribution in [2.75, 3.05) is 40.9 Å². The van der Waals surface area contributed by atoms with Gasteiger partial charge in [-0.3, -0.25) is 13.8 Å². The van der Waals surface area contributed by atoms with E-state index in [0.29, 0.717) is 23.9 Å². The lowest BCUT2D eigenvalue weighted by Gasteiger charge is -2.26. The number of nitrogens with zero attached hydrogens (tertiary/aromatic N) is 1. The lowest BCUT2D eigenvalue weighted by molar-refractivity contribution is -0.870. The molecule has 3 atom stereocenters. The number of hydrogen-bond donors (Lipinski definition) is 3. The minimum absolute atomic E-state index is 0.0782. The number of unbranched alkanes of at least 4 members (excludes halogenated alkanes) is 26. The van der Waals surface area contributed by atoms with Crippen LogP contribution in [0.25, 0.3) is 0 Å². The van der Waals surface area contributed by atoms with Crippen LogP contribution in [0.2, 0.25) is 0 Å². The highest BCUT2D eigenvalue weighted by molar-refractivity contribution is 7.47. The molecule has 0 aliphatic rings. The van der Waals surface area contributed by atoms with Crippen molar-refractivity contribution in [3.63, 3.8) is 0 Å². The Morgan fingerprint density at radius 2 is 0.960 bits per heavy atom. The Hall–Kier alpha value is -0.500. The van der Waals surface area contributed by atoms with Crippen LogP contribution in [0, 0.1) is 0 Å². The van der Waals surface area contributed by atoms with Crippen molar-refractivity contribution < 1.29 is 32.9 Å². The summed E-state index contributed by atoms with van der Waals surface area (Å²) in [7, 11) is 1.62. The highest BCUT2D eigenvalue weighted by Crippen LogP contribution is 2.43. The van der Waals surface area contributed by atoms with Crippen molar-refractivity contribution in [1.82, 2.24) is 5.32 Å². The number of phosphoric ester groups is 1. The van der Waals surface area contributed by atoms with Crippen molar-refractivity contribution in [2.24, 2.45) is 0 Å². The molecule has 300 valence electrons. The molecule has 3 N–H and O–H groups in total. The van der Waals surface area contributed by atoms with Gasteiger partial charge < -0.3 is 19.8 Å². The van der Waals surface area contributed by atoms with Gasteiger partial charge in [0.25, 0.3) is 0 Å². The molecule has 50 heavy (non-hydrogen) atoms. The maximum absolute atomic E-state index is 12.8. The minimum Gasteiger partial charge on any atom is -0.391 e. The number of quaternary nitrogens is 1. The molecule has 0 bridgehead atoms. The normalized spacial score (nSPS) is 14.5. The molecule has 8 nitrogen and oxygen atoms in total. The molecule has 0 radical (unpaired) electrons. The molecule has 0 saturated heterocycles. The number of aliphatic hydroxyl groups excluding tert-OH is 1. The zero-order chi connectivity index (χ0) is 37.2. The van der Waals surface area contributed by atoms with Gasteiger partial charge in [0.2, 0.25) is 5.91 Å². The van der Waals surface area contributed by atoms with E-state index in [-0.39, 0.29) is 19.1 Å². The van der Waals surface area contributed by atoms with Gasteiger partial charge in [0.05, 0.1) is 39.9 Å². The Labute approximate surface area is 310 Å². The van der Waals surface area contributed by atoms with Crippen LogP contribution in [0.1, 0.15) is 206 Å². The first-order chi connectivity index (χ1) is 24.0. The third kappa shape index (κ3) is 35.9. The summed E-state index contributed by atoms with van der Waals surface area (Å²) in [6.07, 6.45) is 35.6. The third-order valence-corrected chi connectivity index (χ3v) is 10.8. The molecule has 0 saturated carbocycles. The second-order valence-electron chi connectivity index (χ2n) is 16.1. The van der Waals surface area contributed by atoms with E-state index in [1.54, 1.807) is 0 Å². The Bertz CT molecular complexity index is 794. The van der Waals surface area contributed by atoms with Crippen molar-refractivity contribution in [3.8, 4) is 0 Å². The molecule has 1 amide bonds. The van der Waals surface area contributed by atoms with E-state index in [1.165, 1.54) is 141 Å². The molecule has 0 aliphatic carbocycles. The number of likely N-dealkylation sites (N-methyl/N-ethyl adjacent to an activating group) is 1. The predicted octanol–water partition coefficient (Wildman–Crippen LogP) is 11.4. The Balaban J connectivity index is 4.27. The van der Waals surface area contributed by atoms with Gasteiger partial charge in [-0.1, -0.05) is 187 Å². The Kier molecular flexibility index (Phi) is 33.9. The molecule has 0 heterocycles. The predicted molar refractivity (Wildman–Crippen MR) is 212 cm³/mol. The van der Waals surface area contributed by atoms with E-state index in [9.17, 15) is 19.4 Å². The fourth-order valence-electron chi connectivity index (χ4n) is 6.40. The summed E-state index contributed by atoms with van der Waals surface area (Å²) in [5.41, 5.74) is 0. The maximum atomic E-state index is 12.8. The minimum atomic E-state index is -4.30. The van der Waals surface area contributed by atoms with Crippen LogP contribution >= 0.6 is 7.82 Å². The van der Waals surface area contributed by atoms with Crippen LogP contribution < -0.4 is 5.32 Å². The van der Waals surface area contributed by atoms with Gasteiger partial charge in [0, 0.05) is 6.42 Å². The van der Waals surface area contributed by atoms with Crippen LogP contribution in [0.15, 0.2) is 0 Å². The number of phosphoric acid groups is 1. The van der Waals surface area contributed by atoms with Gasteiger partial charge in [-0.15, -0.1) is 0 Å². The van der Waals surface area contributed by atoms with E-state index in [4.69, 9.17) is 9.05 Å². The summed E-state index contributed by atoms with van der Waals surface area (Å²) in [4.78, 5) is 23.0. The van der Waals surface area contributed by atoms with Crippen LogP contribution in [0.4, 0.5) is 0 Å². The fourth-order valence-corrected chi connectivity index (χ4v) is 7.13. The molecule has 0 aromatic heterocycles. The van der Waals surface area contributed by atoms with Crippen LogP contribution in [0.5, 0.6) is 0 Å². The van der Waals surface area contributed by atoms with Gasteiger partial charge in [0.15, 0.2) is 0 Å². The van der Waals surface area contributed by atoms with E-state index < -0.39 is 20.0 Å². The van der Waals surface area contributed by atoms with Gasteiger partial charge in [-0.05, 0) is 12.8 Å². The fraction of sp³-hybridized carbons (Fsp3) is 0.976. The van der Waals surface area contributed by atoms with Crippen molar-refractivity contribution in [1.29, 1.82) is 0 Å². The van der Waals surface area contributed by atoms with Gasteiger partial charge in [0.1, 0.15) is 13.2 Å². The third-order valence-electron chi connectivity index (χ3n) is 9.86. The van der Waals surface area contributed by atoms with Crippen LogP contribution in [0.3, 0.4) is 0 Å². The lowest BCUT2D eigenvalue weighted by Crippen LogP contribution is -2.46. The molecule has 0 rings (SSSR count). The molecular formula is C41H86N2O6P+. The largest absolute Gasteiger partial charge is 0.472 e. The number of aliphatic hydroxyl groups is 1. The molecule has 3 unspecified atom stereocenters. The molecule has 0 spiro atoms. The average molecular weight is 734 g/mol. The molecule has 0 aliphatic heterocycles. The van der Waals surface area contributed by atoms with Gasteiger partial charge >= 0.3 is 7.82 Å². The van der Waals surface area contributed by atoms with Gasteiger partial charge in [-0.2, -0.15) is 0 Å². The first kappa shape index (κ1) is 49.5. The summed E-state index contributed by atoms with van der Waals surface area (Å²) in [5.74, 6) is -0.146. The zero-order valence-corrected chi connectivity index (χ0v) is 34.8. The highest BCUT2D eigenvalue weighted by atomic mass is 31.2. The number of hydrogen-bond acceptors (Lipinski definition) is 5. The van der Waals surface area contributed by atoms with Crippen molar-refractivity contribution in [3.05, 3.63) is 0 Å². The molecule has 9 heteroatoms. The molecule has 0 aromatic rings. The Morgan fingerprint density at radius 3 is 1.34 bits per heavy atom. The SMILES string of the molecule is CCCCCCCCCCCCCCCCCCCCCC(O)C(COP(=O)(O)OCC[N+](C)(C)C)NC(=O)CCCCCCCCCCC. The van der Waals surface area contributed by atoms with Gasteiger partial charge in [-0.25, -0.2) is 4.57 Å². The summed E-state index contributed by atoms with van der Waals surface area (Å²) in [6, 6.07) is -0.751. The highest BCUT2D eigenvalue weighted by Gasteiger charge is 2.28. The monoisotopic (exact) mass is 734 g/mol. The van der Waals surface area contributed by atoms with Crippen molar-refractivity contribution in [2.45, 2.75) is 219 Å². The zero-order valence-electron chi connectivity index (χ0n) is 33.9. The van der Waals surface area contributed by atoms with E-state index in [2.05, 4.69) is 19.2 Å². The summed E-state index contributed by atoms with van der Waals surface area (Å²) in [5, 5.41) is 13.9. The quantitative estimate of drug-likeness (QED) is 0.0330. The smallest absolute Gasteiger partial charge is 0.391 e. The second-order valence-corrected chi connectivity index (χ2v) is 17.5. The van der Waals surface area contributed by atoms with Crippen LogP contribution in [-0.2, 0) is 18.4 Å². The molecule has 0 fully saturated rings. The summed E-state index contributed by atoms with van der Waals surface area (Å²) in [6.45, 7) is 4.88.